The fourth-order valence-corrected chi connectivity index (χ4v) is 3.72. The maximum absolute atomic E-state index is 12.3. The number of nitrogens with zero attached hydrogens (tertiary/aromatic N) is 4. The molecule has 2 fully saturated rings. The fraction of sp³-hybridized carbons (Fsp3) is 0.722. The first-order valence-electron chi connectivity index (χ1n) is 9.22. The summed E-state index contributed by atoms with van der Waals surface area (Å²) in [6.45, 7) is 7.37. The van der Waals surface area contributed by atoms with Gasteiger partial charge in [0, 0.05) is 19.1 Å². The van der Waals surface area contributed by atoms with Crippen LogP contribution in [0.15, 0.2) is 17.8 Å². The standard InChI is InChI=1S/C18H29N5O/c1-3-14(2)11-22-10-6-9-16(12-22)23-13-17(20-21-23)18(24)19-15-7-4-5-8-15/h3,13,15-16H,4-12H2,1-2H3,(H,19,24). The Labute approximate surface area is 144 Å². The molecule has 6 nitrogen and oxygen atoms in total. The van der Waals surface area contributed by atoms with Crippen LogP contribution in [0, 0.1) is 0 Å². The molecule has 24 heavy (non-hydrogen) atoms. The highest BCUT2D eigenvalue weighted by Crippen LogP contribution is 2.22. The molecule has 1 aliphatic heterocycles. The molecule has 0 spiro atoms. The summed E-state index contributed by atoms with van der Waals surface area (Å²) in [7, 11) is 0. The van der Waals surface area contributed by atoms with Crippen LogP contribution in [0.4, 0.5) is 0 Å². The Kier molecular flexibility index (Phi) is 5.66. The first-order valence-corrected chi connectivity index (χ1v) is 9.22. The van der Waals surface area contributed by atoms with Crippen LogP contribution in [0.1, 0.15) is 68.9 Å². The molecule has 2 aliphatic rings. The number of carbonyl (C=O) groups excluding carboxylic acids is 1. The number of hydrogen-bond acceptors (Lipinski definition) is 4. The summed E-state index contributed by atoms with van der Waals surface area (Å²) in [4.78, 5) is 14.8. The number of hydrogen-bond donors (Lipinski definition) is 1. The topological polar surface area (TPSA) is 63.1 Å². The van der Waals surface area contributed by atoms with Gasteiger partial charge in [-0.15, -0.1) is 5.10 Å². The van der Waals surface area contributed by atoms with Crippen LogP contribution < -0.4 is 5.32 Å². The van der Waals surface area contributed by atoms with Gasteiger partial charge in [-0.3, -0.25) is 9.69 Å². The van der Waals surface area contributed by atoms with E-state index in [0.717, 1.165) is 45.3 Å². The van der Waals surface area contributed by atoms with Crippen LogP contribution >= 0.6 is 0 Å². The third-order valence-corrected chi connectivity index (χ3v) is 5.25. The first-order chi connectivity index (χ1) is 11.7. The quantitative estimate of drug-likeness (QED) is 0.842. The van der Waals surface area contributed by atoms with E-state index in [1.807, 2.05) is 10.9 Å². The second kappa shape index (κ2) is 7.92. The molecule has 1 saturated carbocycles. The average molecular weight is 331 g/mol. The number of amides is 1. The van der Waals surface area contributed by atoms with Crippen LogP contribution in [0.3, 0.4) is 0 Å². The largest absolute Gasteiger partial charge is 0.348 e. The van der Waals surface area contributed by atoms with Gasteiger partial charge in [-0.25, -0.2) is 4.68 Å². The van der Waals surface area contributed by atoms with E-state index >= 15 is 0 Å². The minimum atomic E-state index is -0.0782. The van der Waals surface area contributed by atoms with E-state index in [-0.39, 0.29) is 5.91 Å². The number of likely N-dealkylation sites (tertiary alicyclic amines) is 1. The summed E-state index contributed by atoms with van der Waals surface area (Å²) in [6, 6.07) is 0.626. The van der Waals surface area contributed by atoms with Crippen molar-refractivity contribution in [2.75, 3.05) is 19.6 Å². The molecule has 1 N–H and O–H groups in total. The molecular formula is C18H29N5O. The molecule has 1 aromatic rings. The molecule has 1 aromatic heterocycles. The van der Waals surface area contributed by atoms with Crippen LogP contribution in [0.25, 0.3) is 0 Å². The predicted octanol–water partition coefficient (Wildman–Crippen LogP) is 2.55. The van der Waals surface area contributed by atoms with Crippen molar-refractivity contribution in [1.82, 2.24) is 25.2 Å². The lowest BCUT2D eigenvalue weighted by Gasteiger charge is -2.32. The molecule has 0 aromatic carbocycles. The van der Waals surface area contributed by atoms with Crippen molar-refractivity contribution in [2.45, 2.75) is 64.5 Å². The van der Waals surface area contributed by atoms with Gasteiger partial charge in [0.05, 0.1) is 12.2 Å². The average Bonchev–Trinajstić information content (AvgIpc) is 3.26. The second-order valence-electron chi connectivity index (χ2n) is 7.20. The van der Waals surface area contributed by atoms with Crippen LogP contribution in [-0.2, 0) is 0 Å². The highest BCUT2D eigenvalue weighted by atomic mass is 16.2. The number of allylic oxidation sites excluding steroid dienone is 1. The first kappa shape index (κ1) is 17.1. The SMILES string of the molecule is CC=C(C)CN1CCCC(n2cc(C(=O)NC3CCCC3)nn2)C1. The molecule has 1 unspecified atom stereocenters. The molecule has 0 bridgehead atoms. The molecule has 6 heteroatoms. The van der Waals surface area contributed by atoms with E-state index in [1.165, 1.54) is 18.4 Å². The Morgan fingerprint density at radius 1 is 1.33 bits per heavy atom. The number of piperidine rings is 1. The maximum Gasteiger partial charge on any atom is 0.273 e. The molecule has 2 heterocycles. The monoisotopic (exact) mass is 331 g/mol. The van der Waals surface area contributed by atoms with Crippen molar-refractivity contribution < 1.29 is 4.79 Å². The minimum absolute atomic E-state index is 0.0782. The van der Waals surface area contributed by atoms with Crippen molar-refractivity contribution in [3.05, 3.63) is 23.5 Å². The highest BCUT2D eigenvalue weighted by molar-refractivity contribution is 5.92. The van der Waals surface area contributed by atoms with Crippen molar-refractivity contribution in [2.24, 2.45) is 0 Å². The Balaban J connectivity index is 1.58. The summed E-state index contributed by atoms with van der Waals surface area (Å²) in [5.74, 6) is -0.0782. The molecule has 0 radical (unpaired) electrons. The number of nitrogens with one attached hydrogen (secondary N) is 1. The third-order valence-electron chi connectivity index (χ3n) is 5.25. The van der Waals surface area contributed by atoms with Crippen molar-refractivity contribution in [3.8, 4) is 0 Å². The maximum atomic E-state index is 12.3. The zero-order valence-electron chi connectivity index (χ0n) is 14.9. The summed E-state index contributed by atoms with van der Waals surface area (Å²) < 4.78 is 1.89. The van der Waals surface area contributed by atoms with E-state index in [9.17, 15) is 4.79 Å². The van der Waals surface area contributed by atoms with Crippen LogP contribution in [0.5, 0.6) is 0 Å². The molecule has 3 rings (SSSR count). The second-order valence-corrected chi connectivity index (χ2v) is 7.20. The summed E-state index contributed by atoms with van der Waals surface area (Å²) in [5, 5.41) is 11.4. The van der Waals surface area contributed by atoms with Gasteiger partial charge in [-0.2, -0.15) is 0 Å². The minimum Gasteiger partial charge on any atom is -0.348 e. The van der Waals surface area contributed by atoms with Crippen LogP contribution in [0.2, 0.25) is 0 Å². The van der Waals surface area contributed by atoms with Gasteiger partial charge < -0.3 is 5.32 Å². The zero-order chi connectivity index (χ0) is 16.9. The Morgan fingerprint density at radius 3 is 2.88 bits per heavy atom. The van der Waals surface area contributed by atoms with Gasteiger partial charge in [0.25, 0.3) is 5.91 Å². The smallest absolute Gasteiger partial charge is 0.273 e. The van der Waals surface area contributed by atoms with Crippen molar-refractivity contribution in [1.29, 1.82) is 0 Å². The van der Waals surface area contributed by atoms with Gasteiger partial charge in [0.15, 0.2) is 5.69 Å². The number of carbonyl (C=O) groups is 1. The summed E-state index contributed by atoms with van der Waals surface area (Å²) >= 11 is 0. The van der Waals surface area contributed by atoms with Gasteiger partial charge in [-0.1, -0.05) is 29.7 Å². The predicted molar refractivity (Wildman–Crippen MR) is 93.9 cm³/mol. The molecule has 1 atom stereocenters. The van der Waals surface area contributed by atoms with Crippen molar-refractivity contribution in [3.63, 3.8) is 0 Å². The van der Waals surface area contributed by atoms with Gasteiger partial charge in [0.2, 0.25) is 0 Å². The molecule has 1 amide bonds. The van der Waals surface area contributed by atoms with E-state index in [0.29, 0.717) is 17.8 Å². The number of aromatic nitrogens is 3. The highest BCUT2D eigenvalue weighted by Gasteiger charge is 2.24. The number of rotatable bonds is 5. The van der Waals surface area contributed by atoms with Gasteiger partial charge in [0.1, 0.15) is 0 Å². The molecule has 1 aliphatic carbocycles. The third kappa shape index (κ3) is 4.23. The van der Waals surface area contributed by atoms with Gasteiger partial charge >= 0.3 is 0 Å². The molecule has 1 saturated heterocycles. The van der Waals surface area contributed by atoms with E-state index < -0.39 is 0 Å². The molecular weight excluding hydrogens is 302 g/mol. The van der Waals surface area contributed by atoms with E-state index in [1.54, 1.807) is 0 Å². The van der Waals surface area contributed by atoms with Crippen molar-refractivity contribution >= 4 is 5.91 Å². The molecule has 132 valence electrons. The van der Waals surface area contributed by atoms with Crippen LogP contribution in [-0.4, -0.2) is 51.5 Å². The Bertz CT molecular complexity index is 588. The Morgan fingerprint density at radius 2 is 2.12 bits per heavy atom. The van der Waals surface area contributed by atoms with E-state index in [4.69, 9.17) is 0 Å². The summed E-state index contributed by atoms with van der Waals surface area (Å²) in [6.07, 6.45) is 10.8. The lowest BCUT2D eigenvalue weighted by atomic mass is 10.1. The Hall–Kier alpha value is -1.69. The lowest BCUT2D eigenvalue weighted by molar-refractivity contribution is 0.0932. The normalized spacial score (nSPS) is 23.6. The fourth-order valence-electron chi connectivity index (χ4n) is 3.72. The van der Waals surface area contributed by atoms with E-state index in [2.05, 4.69) is 40.5 Å². The zero-order valence-corrected chi connectivity index (χ0v) is 14.9. The summed E-state index contributed by atoms with van der Waals surface area (Å²) in [5.41, 5.74) is 1.84. The van der Waals surface area contributed by atoms with Gasteiger partial charge in [-0.05, 0) is 46.1 Å². The lowest BCUT2D eigenvalue weighted by Crippen LogP contribution is -2.37.